The summed E-state index contributed by atoms with van der Waals surface area (Å²) in [6.07, 6.45) is 4.46. The summed E-state index contributed by atoms with van der Waals surface area (Å²) < 4.78 is 19.5. The van der Waals surface area contributed by atoms with Crippen LogP contribution in [0.4, 0.5) is 4.39 Å². The van der Waals surface area contributed by atoms with Crippen molar-refractivity contribution in [2.24, 2.45) is 0 Å². The first-order valence-electron chi connectivity index (χ1n) is 6.33. The second-order valence-corrected chi connectivity index (χ2v) is 4.41. The fourth-order valence-corrected chi connectivity index (χ4v) is 2.06. The third-order valence-electron chi connectivity index (χ3n) is 3.02. The van der Waals surface area contributed by atoms with Gasteiger partial charge in [0.1, 0.15) is 14.1 Å². The van der Waals surface area contributed by atoms with E-state index in [4.69, 9.17) is 12.6 Å². The molecule has 0 aliphatic carbocycles. The molecule has 0 amide bonds. The van der Waals surface area contributed by atoms with E-state index in [0.717, 1.165) is 19.1 Å². The number of benzene rings is 1. The van der Waals surface area contributed by atoms with Crippen LogP contribution >= 0.6 is 0 Å². The van der Waals surface area contributed by atoms with Gasteiger partial charge in [0.2, 0.25) is 0 Å². The summed E-state index contributed by atoms with van der Waals surface area (Å²) in [6.45, 7) is 2.48. The van der Waals surface area contributed by atoms with Crippen molar-refractivity contribution in [2.75, 3.05) is 6.61 Å². The highest BCUT2D eigenvalue weighted by molar-refractivity contribution is 6.38. The maximum absolute atomic E-state index is 14.0. The number of fused-ring (bicyclic) bond motifs is 1. The number of aldehydes is 1. The molecule has 0 aliphatic rings. The van der Waals surface area contributed by atoms with E-state index in [0.29, 0.717) is 28.5 Å². The molecule has 0 bridgehead atoms. The maximum Gasteiger partial charge on any atom is 0.165 e. The predicted molar refractivity (Wildman–Crippen MR) is 73.8 cm³/mol. The smallest absolute Gasteiger partial charge is 0.165 e. The van der Waals surface area contributed by atoms with Gasteiger partial charge in [-0.05, 0) is 18.1 Å². The molecule has 3 nitrogen and oxygen atoms in total. The summed E-state index contributed by atoms with van der Waals surface area (Å²) >= 11 is 0. The van der Waals surface area contributed by atoms with Crippen molar-refractivity contribution in [1.29, 1.82) is 0 Å². The van der Waals surface area contributed by atoms with E-state index >= 15 is 0 Å². The van der Waals surface area contributed by atoms with Crippen molar-refractivity contribution in [2.45, 2.75) is 26.2 Å². The van der Waals surface area contributed by atoms with Crippen molar-refractivity contribution in [3.63, 3.8) is 0 Å². The highest BCUT2D eigenvalue weighted by Crippen LogP contribution is 2.30. The number of hydrogen-bond donors (Lipinski definition) is 1. The third kappa shape index (κ3) is 2.65. The lowest BCUT2D eigenvalue weighted by Crippen LogP contribution is -2.09. The van der Waals surface area contributed by atoms with Crippen LogP contribution in [0.5, 0.6) is 5.75 Å². The minimum Gasteiger partial charge on any atom is -0.490 e. The second kappa shape index (κ2) is 5.91. The topological polar surface area (TPSA) is 42.1 Å². The predicted octanol–water partition coefficient (Wildman–Crippen LogP) is 2.02. The van der Waals surface area contributed by atoms with Gasteiger partial charge in [0, 0.05) is 23.5 Å². The molecule has 2 aromatic rings. The molecule has 1 aromatic carbocycles. The van der Waals surface area contributed by atoms with Gasteiger partial charge < -0.3 is 14.5 Å². The number of rotatable bonds is 6. The van der Waals surface area contributed by atoms with Crippen molar-refractivity contribution in [1.82, 2.24) is 4.98 Å². The Hall–Kier alpha value is -1.78. The number of aromatic nitrogens is 1. The summed E-state index contributed by atoms with van der Waals surface area (Å²) in [5.41, 5.74) is 1.62. The van der Waals surface area contributed by atoms with E-state index in [1.807, 2.05) is 6.92 Å². The monoisotopic (exact) mass is 259 g/mol. The number of halogens is 1. The average Bonchev–Trinajstić information content (AvgIpc) is 2.78. The molecule has 0 spiro atoms. The van der Waals surface area contributed by atoms with E-state index in [9.17, 15) is 9.18 Å². The van der Waals surface area contributed by atoms with E-state index in [1.165, 1.54) is 6.07 Å². The van der Waals surface area contributed by atoms with Gasteiger partial charge in [-0.15, -0.1) is 0 Å². The third-order valence-corrected chi connectivity index (χ3v) is 3.02. The second-order valence-electron chi connectivity index (χ2n) is 4.41. The lowest BCUT2D eigenvalue weighted by atomic mass is 9.92. The van der Waals surface area contributed by atoms with E-state index < -0.39 is 5.82 Å². The highest BCUT2D eigenvalue weighted by atomic mass is 19.1. The first-order valence-corrected chi connectivity index (χ1v) is 6.33. The Kier molecular flexibility index (Phi) is 4.25. The molecular formula is C14H15BFNO2. The first-order chi connectivity index (χ1) is 9.19. The molecule has 2 rings (SSSR count). The summed E-state index contributed by atoms with van der Waals surface area (Å²) in [6, 6.07) is 1.24. The highest BCUT2D eigenvalue weighted by Gasteiger charge is 2.16. The van der Waals surface area contributed by atoms with Gasteiger partial charge in [0.05, 0.1) is 6.61 Å². The van der Waals surface area contributed by atoms with Crippen molar-refractivity contribution >= 4 is 30.5 Å². The molecule has 0 saturated carbocycles. The fourth-order valence-electron chi connectivity index (χ4n) is 2.06. The van der Waals surface area contributed by atoms with Crippen LogP contribution in [0, 0.1) is 5.82 Å². The van der Waals surface area contributed by atoms with Gasteiger partial charge in [0.25, 0.3) is 0 Å². The lowest BCUT2D eigenvalue weighted by Gasteiger charge is -2.11. The van der Waals surface area contributed by atoms with Gasteiger partial charge in [-0.1, -0.05) is 18.8 Å². The van der Waals surface area contributed by atoms with Gasteiger partial charge in [-0.3, -0.25) is 0 Å². The van der Waals surface area contributed by atoms with Crippen molar-refractivity contribution in [3.8, 4) is 5.75 Å². The number of hydrogen-bond acceptors (Lipinski definition) is 2. The summed E-state index contributed by atoms with van der Waals surface area (Å²) in [5.74, 6) is -0.316. The van der Waals surface area contributed by atoms with Gasteiger partial charge in [-0.25, -0.2) is 4.39 Å². The van der Waals surface area contributed by atoms with Crippen molar-refractivity contribution < 1.29 is 13.9 Å². The Bertz CT molecular complexity index is 595. The van der Waals surface area contributed by atoms with E-state index in [1.54, 1.807) is 6.20 Å². The maximum atomic E-state index is 14.0. The molecule has 1 N–H and O–H groups in total. The Balaban J connectivity index is 2.52. The molecule has 0 aliphatic heterocycles. The number of aromatic amines is 1. The van der Waals surface area contributed by atoms with Gasteiger partial charge in [-0.2, -0.15) is 0 Å². The van der Waals surface area contributed by atoms with Crippen LogP contribution in [-0.2, 0) is 11.2 Å². The minimum atomic E-state index is -0.493. The number of H-pyrrole nitrogens is 1. The van der Waals surface area contributed by atoms with E-state index in [2.05, 4.69) is 4.98 Å². The number of carbonyl (C=O) groups is 1. The molecule has 98 valence electrons. The first kappa shape index (κ1) is 13.7. The zero-order valence-corrected chi connectivity index (χ0v) is 10.8. The molecular weight excluding hydrogens is 244 g/mol. The molecule has 0 fully saturated rings. The van der Waals surface area contributed by atoms with Crippen LogP contribution in [0.2, 0.25) is 0 Å². The normalized spacial score (nSPS) is 10.8. The number of ether oxygens (including phenoxy) is 1. The molecule has 1 heterocycles. The largest absolute Gasteiger partial charge is 0.490 e. The van der Waals surface area contributed by atoms with Crippen LogP contribution in [-0.4, -0.2) is 25.7 Å². The fraction of sp³-hybridized carbons (Fsp3) is 0.357. The van der Waals surface area contributed by atoms with Crippen LogP contribution in [0.15, 0.2) is 12.3 Å². The molecule has 1 aromatic heterocycles. The summed E-state index contributed by atoms with van der Waals surface area (Å²) in [4.78, 5) is 13.6. The molecule has 5 heteroatoms. The van der Waals surface area contributed by atoms with Gasteiger partial charge >= 0.3 is 0 Å². The van der Waals surface area contributed by atoms with Gasteiger partial charge in [0.15, 0.2) is 11.6 Å². The number of unbranched alkanes of at least 4 members (excludes halogenated alkanes) is 1. The zero-order chi connectivity index (χ0) is 13.8. The zero-order valence-electron chi connectivity index (χ0n) is 10.8. The van der Waals surface area contributed by atoms with Crippen LogP contribution < -0.4 is 10.2 Å². The SMILES string of the molecule is [B]c1cc(F)c(OCCCC)c2c(CC=O)c[nH]c12. The van der Waals surface area contributed by atoms with Crippen LogP contribution in [0.1, 0.15) is 25.3 Å². The molecule has 19 heavy (non-hydrogen) atoms. The quantitative estimate of drug-likeness (QED) is 0.490. The minimum absolute atomic E-state index is 0.177. The Morgan fingerprint density at radius 2 is 2.32 bits per heavy atom. The summed E-state index contributed by atoms with van der Waals surface area (Å²) in [7, 11) is 5.78. The Morgan fingerprint density at radius 1 is 1.53 bits per heavy atom. The number of nitrogens with one attached hydrogen (secondary N) is 1. The van der Waals surface area contributed by atoms with E-state index in [-0.39, 0.29) is 12.2 Å². The Morgan fingerprint density at radius 3 is 3.00 bits per heavy atom. The molecule has 2 radical (unpaired) electrons. The van der Waals surface area contributed by atoms with Crippen LogP contribution in [0.25, 0.3) is 10.9 Å². The lowest BCUT2D eigenvalue weighted by molar-refractivity contribution is -0.107. The van der Waals surface area contributed by atoms with Crippen molar-refractivity contribution in [3.05, 3.63) is 23.6 Å². The standard InChI is InChI=1S/C14H15BFNO2/c1-2-3-6-19-14-11(16)7-10(15)13-12(14)9(4-5-18)8-17-13/h5,7-8,17H,2-4,6H2,1H3. The molecule has 0 saturated heterocycles. The average molecular weight is 259 g/mol. The van der Waals surface area contributed by atoms with Crippen LogP contribution in [0.3, 0.4) is 0 Å². The summed E-state index contributed by atoms with van der Waals surface area (Å²) in [5, 5.41) is 0.570. The number of carbonyl (C=O) groups excluding carboxylic acids is 1. The Labute approximate surface area is 112 Å². The molecule has 0 atom stereocenters. The molecule has 0 unspecified atom stereocenters.